The molecule has 2 saturated heterocycles. The number of nitrogens with one attached hydrogen (secondary N) is 3. The topological polar surface area (TPSA) is 126 Å². The molecular formula is C34H42ClN9O3. The lowest BCUT2D eigenvalue weighted by molar-refractivity contribution is -0.124. The molecule has 248 valence electrons. The number of nitrogens with zero attached hydrogens (tertiary/aromatic N) is 6. The van der Waals surface area contributed by atoms with Gasteiger partial charge in [0, 0.05) is 51.5 Å². The molecule has 2 aliphatic heterocycles. The largest absolute Gasteiger partial charge is 0.366 e. The lowest BCUT2D eigenvalue weighted by Gasteiger charge is -2.43. The molecule has 2 atom stereocenters. The number of amides is 2. The van der Waals surface area contributed by atoms with Crippen LogP contribution in [0.4, 0.5) is 23.1 Å². The third-order valence-corrected chi connectivity index (χ3v) is 8.78. The Kier molecular flexibility index (Phi) is 11.1. The number of hydrogen-bond donors (Lipinski definition) is 3. The lowest BCUT2D eigenvalue weighted by Crippen LogP contribution is -2.55. The number of piperidine rings is 1. The number of rotatable bonds is 11. The minimum atomic E-state index is -0.641. The number of carbonyl (C=O) groups is 3. The molecule has 2 amide bonds. The maximum absolute atomic E-state index is 12.9. The van der Waals surface area contributed by atoms with Crippen molar-refractivity contribution in [2.45, 2.75) is 31.6 Å². The molecule has 2 unspecified atom stereocenters. The van der Waals surface area contributed by atoms with Crippen LogP contribution in [-0.2, 0) is 9.59 Å². The molecule has 2 aliphatic rings. The summed E-state index contributed by atoms with van der Waals surface area (Å²) in [6, 6.07) is 15.0. The van der Waals surface area contributed by atoms with E-state index in [1.807, 2.05) is 19.2 Å². The van der Waals surface area contributed by atoms with E-state index in [-0.39, 0.29) is 28.8 Å². The van der Waals surface area contributed by atoms with E-state index in [4.69, 9.17) is 11.6 Å². The van der Waals surface area contributed by atoms with Gasteiger partial charge in [-0.2, -0.15) is 4.98 Å². The van der Waals surface area contributed by atoms with Crippen molar-refractivity contribution in [3.05, 3.63) is 83.5 Å². The van der Waals surface area contributed by atoms with Crippen LogP contribution in [-0.4, -0.2) is 102 Å². The summed E-state index contributed by atoms with van der Waals surface area (Å²) in [5, 5.41) is 10.0. The molecule has 13 heteroatoms. The Hall–Kier alpha value is -4.52. The fraction of sp³-hybridized carbons (Fsp3) is 0.382. The number of hydrogen-bond acceptors (Lipinski definition) is 10. The minimum Gasteiger partial charge on any atom is -0.366 e. The molecule has 0 aliphatic carbocycles. The lowest BCUT2D eigenvalue weighted by atomic mass is 10.0. The molecule has 0 radical (unpaired) electrons. The van der Waals surface area contributed by atoms with Crippen LogP contribution in [0.1, 0.15) is 41.3 Å². The highest BCUT2D eigenvalue weighted by atomic mass is 35.5. The van der Waals surface area contributed by atoms with Crippen LogP contribution in [0, 0.1) is 0 Å². The summed E-state index contributed by atoms with van der Waals surface area (Å²) < 4.78 is 0. The Labute approximate surface area is 280 Å². The fourth-order valence-electron chi connectivity index (χ4n) is 5.90. The van der Waals surface area contributed by atoms with Crippen LogP contribution in [0.3, 0.4) is 0 Å². The van der Waals surface area contributed by atoms with Gasteiger partial charge in [-0.25, -0.2) is 4.98 Å². The molecule has 3 heterocycles. The number of benzene rings is 2. The first-order chi connectivity index (χ1) is 22.7. The van der Waals surface area contributed by atoms with Gasteiger partial charge in [-0.05, 0) is 44.2 Å². The number of piperazine rings is 1. The number of carbonyl (C=O) groups excluding carboxylic acids is 3. The fourth-order valence-corrected chi connectivity index (χ4v) is 6.04. The average Bonchev–Trinajstić information content (AvgIpc) is 3.09. The average molecular weight is 660 g/mol. The number of aromatic nitrogens is 2. The van der Waals surface area contributed by atoms with Gasteiger partial charge >= 0.3 is 0 Å². The van der Waals surface area contributed by atoms with E-state index >= 15 is 0 Å². The molecule has 1 aromatic heterocycles. The van der Waals surface area contributed by atoms with Crippen molar-refractivity contribution >= 4 is 52.3 Å². The highest BCUT2D eigenvalue weighted by Gasteiger charge is 2.31. The number of anilines is 4. The van der Waals surface area contributed by atoms with Crippen molar-refractivity contribution in [2.24, 2.45) is 0 Å². The zero-order chi connectivity index (χ0) is 33.5. The van der Waals surface area contributed by atoms with Crippen molar-refractivity contribution in [1.29, 1.82) is 0 Å². The number of ketones is 1. The summed E-state index contributed by atoms with van der Waals surface area (Å²) >= 11 is 6.49. The Morgan fingerprint density at radius 1 is 1.02 bits per heavy atom. The second-order valence-electron chi connectivity index (χ2n) is 11.9. The van der Waals surface area contributed by atoms with E-state index in [0.29, 0.717) is 24.0 Å². The Morgan fingerprint density at radius 3 is 2.49 bits per heavy atom. The Morgan fingerprint density at radius 2 is 1.74 bits per heavy atom. The summed E-state index contributed by atoms with van der Waals surface area (Å²) in [6.07, 6.45) is 5.78. The van der Waals surface area contributed by atoms with E-state index in [1.54, 1.807) is 24.3 Å². The predicted molar refractivity (Wildman–Crippen MR) is 185 cm³/mol. The molecular weight excluding hydrogens is 618 g/mol. The van der Waals surface area contributed by atoms with Crippen molar-refractivity contribution in [1.82, 2.24) is 30.0 Å². The van der Waals surface area contributed by atoms with Gasteiger partial charge in [0.05, 0.1) is 30.2 Å². The standard InChI is InChI=1S/C34H42ClN9O3/c1-5-29(45)39-32(43-17-11-6-12-18-43)24-14-8-10-16-27(24)44-20-19-42(4)28(22-44)38-34-36-21-25(35)31(40-34)37-26-15-9-7-13-23(26)30(46)33(47)41(2)3/h5,7-10,13-16,21,28,32H,1,6,11-12,17-20,22H2,2-4H3,(H,39,45)(H2,36,37,38,40). The third-order valence-electron chi connectivity index (χ3n) is 8.51. The zero-order valence-corrected chi connectivity index (χ0v) is 27.8. The number of halogens is 1. The van der Waals surface area contributed by atoms with Crippen LogP contribution in [0.2, 0.25) is 5.02 Å². The molecule has 2 fully saturated rings. The van der Waals surface area contributed by atoms with Crippen LogP contribution >= 0.6 is 11.6 Å². The predicted octanol–water partition coefficient (Wildman–Crippen LogP) is 4.12. The molecule has 3 N–H and O–H groups in total. The van der Waals surface area contributed by atoms with Gasteiger partial charge in [-0.15, -0.1) is 0 Å². The Balaban J connectivity index is 1.36. The quantitative estimate of drug-likeness (QED) is 0.157. The van der Waals surface area contributed by atoms with Gasteiger partial charge < -0.3 is 25.8 Å². The second kappa shape index (κ2) is 15.4. The summed E-state index contributed by atoms with van der Waals surface area (Å²) in [5.41, 5.74) is 2.72. The van der Waals surface area contributed by atoms with Crippen molar-refractivity contribution in [2.75, 3.05) is 69.4 Å². The highest BCUT2D eigenvalue weighted by molar-refractivity contribution is 6.43. The first-order valence-corrected chi connectivity index (χ1v) is 16.2. The molecule has 0 bridgehead atoms. The van der Waals surface area contributed by atoms with E-state index in [9.17, 15) is 14.4 Å². The van der Waals surface area contributed by atoms with Gasteiger partial charge in [-0.3, -0.25) is 24.2 Å². The van der Waals surface area contributed by atoms with Crippen LogP contribution < -0.4 is 20.9 Å². The van der Waals surface area contributed by atoms with E-state index in [1.165, 1.54) is 37.7 Å². The number of para-hydroxylation sites is 2. The number of likely N-dealkylation sites (N-methyl/N-ethyl adjacent to an activating group) is 2. The third kappa shape index (κ3) is 8.07. The SMILES string of the molecule is C=CC(=O)NC(c1ccccc1N1CCN(C)C(Nc2ncc(Cl)c(Nc3ccccc3C(=O)C(=O)N(C)C)n2)C1)N1CCCCC1. The van der Waals surface area contributed by atoms with Crippen molar-refractivity contribution < 1.29 is 14.4 Å². The van der Waals surface area contributed by atoms with Gasteiger partial charge in [0.25, 0.3) is 11.7 Å². The summed E-state index contributed by atoms with van der Waals surface area (Å²) in [4.78, 5) is 55.0. The van der Waals surface area contributed by atoms with Crippen molar-refractivity contribution in [3.8, 4) is 0 Å². The first-order valence-electron chi connectivity index (χ1n) is 15.8. The smallest absolute Gasteiger partial charge is 0.294 e. The Bertz CT molecular complexity index is 1610. The van der Waals surface area contributed by atoms with Gasteiger partial charge in [0.2, 0.25) is 11.9 Å². The second-order valence-corrected chi connectivity index (χ2v) is 12.4. The minimum absolute atomic E-state index is 0.159. The van der Waals surface area contributed by atoms with Crippen LogP contribution in [0.25, 0.3) is 0 Å². The number of Topliss-reactive ketones (excluding diaryl/α,β-unsaturated/α-hetero) is 1. The normalized spacial score (nSPS) is 17.8. The maximum atomic E-state index is 12.9. The summed E-state index contributed by atoms with van der Waals surface area (Å²) in [6.45, 7) is 7.68. The van der Waals surface area contributed by atoms with Gasteiger partial charge in [0.15, 0.2) is 5.82 Å². The van der Waals surface area contributed by atoms with Gasteiger partial charge in [-0.1, -0.05) is 54.9 Å². The van der Waals surface area contributed by atoms with Crippen molar-refractivity contribution in [3.63, 3.8) is 0 Å². The van der Waals surface area contributed by atoms with Crippen LogP contribution in [0.5, 0.6) is 0 Å². The molecule has 0 spiro atoms. The zero-order valence-electron chi connectivity index (χ0n) is 27.1. The first kappa shape index (κ1) is 33.8. The molecule has 0 saturated carbocycles. The molecule has 3 aromatic rings. The van der Waals surface area contributed by atoms with E-state index < -0.39 is 11.7 Å². The molecule has 47 heavy (non-hydrogen) atoms. The van der Waals surface area contributed by atoms with Crippen LogP contribution in [0.15, 0.2) is 67.4 Å². The molecule has 2 aromatic carbocycles. The van der Waals surface area contributed by atoms with E-state index in [2.05, 4.69) is 59.3 Å². The maximum Gasteiger partial charge on any atom is 0.294 e. The monoisotopic (exact) mass is 659 g/mol. The summed E-state index contributed by atoms with van der Waals surface area (Å²) in [7, 11) is 5.11. The summed E-state index contributed by atoms with van der Waals surface area (Å²) in [5.74, 6) is -0.829. The van der Waals surface area contributed by atoms with E-state index in [0.717, 1.165) is 50.3 Å². The molecule has 12 nitrogen and oxygen atoms in total. The number of likely N-dealkylation sites (tertiary alicyclic amines) is 1. The van der Waals surface area contributed by atoms with Gasteiger partial charge in [0.1, 0.15) is 11.2 Å². The highest BCUT2D eigenvalue weighted by Crippen LogP contribution is 2.32. The molecule has 5 rings (SSSR count).